The van der Waals surface area contributed by atoms with E-state index in [0.717, 1.165) is 13.0 Å². The Morgan fingerprint density at radius 1 is 1.38 bits per heavy atom. The molecule has 1 N–H and O–H groups in total. The number of nitrogens with zero attached hydrogens (tertiary/aromatic N) is 3. The molecule has 0 saturated carbocycles. The van der Waals surface area contributed by atoms with Crippen LogP contribution in [0.3, 0.4) is 0 Å². The van der Waals surface area contributed by atoms with E-state index in [1.807, 2.05) is 11.3 Å². The Kier molecular flexibility index (Phi) is 6.02. The predicted octanol–water partition coefficient (Wildman–Crippen LogP) is 2.73. The van der Waals surface area contributed by atoms with Gasteiger partial charge in [0.05, 0.1) is 5.69 Å². The minimum absolute atomic E-state index is 0.520. The number of aromatic nitrogens is 1. The molecule has 1 aromatic rings. The number of aryl methyl sites for hydroxylation is 1. The highest BCUT2D eigenvalue weighted by atomic mass is 32.1. The topological polar surface area (TPSA) is 31.4 Å². The summed E-state index contributed by atoms with van der Waals surface area (Å²) in [5.74, 6) is 0. The van der Waals surface area contributed by atoms with Crippen molar-refractivity contribution < 1.29 is 0 Å². The summed E-state index contributed by atoms with van der Waals surface area (Å²) >= 11 is 1.87. The molecular formula is C16H30N4S. The van der Waals surface area contributed by atoms with Gasteiger partial charge in [-0.15, -0.1) is 11.3 Å². The van der Waals surface area contributed by atoms with Gasteiger partial charge in [-0.3, -0.25) is 0 Å². The number of hydrogen-bond acceptors (Lipinski definition) is 5. The largest absolute Gasteiger partial charge is 0.348 e. The summed E-state index contributed by atoms with van der Waals surface area (Å²) in [6.07, 6.45) is 3.51. The molecule has 0 amide bonds. The second kappa shape index (κ2) is 7.56. The fraction of sp³-hybridized carbons (Fsp3) is 0.812. The Morgan fingerprint density at radius 2 is 2.05 bits per heavy atom. The van der Waals surface area contributed by atoms with Crippen molar-refractivity contribution in [1.82, 2.24) is 15.2 Å². The normalized spacial score (nSPS) is 17.6. The summed E-state index contributed by atoms with van der Waals surface area (Å²) in [5, 5.41) is 4.72. The molecule has 0 radical (unpaired) electrons. The van der Waals surface area contributed by atoms with E-state index in [4.69, 9.17) is 4.98 Å². The minimum Gasteiger partial charge on any atom is -0.348 e. The number of nitrogens with one attached hydrogen (secondary N) is 1. The summed E-state index contributed by atoms with van der Waals surface area (Å²) in [6, 6.07) is 1.16. The molecule has 0 aromatic carbocycles. The van der Waals surface area contributed by atoms with Crippen molar-refractivity contribution in [2.75, 3.05) is 32.1 Å². The maximum atomic E-state index is 4.89. The fourth-order valence-corrected chi connectivity index (χ4v) is 3.90. The second-order valence-corrected chi connectivity index (χ2v) is 7.46. The fourth-order valence-electron chi connectivity index (χ4n) is 2.77. The zero-order valence-electron chi connectivity index (χ0n) is 14.1. The van der Waals surface area contributed by atoms with E-state index in [1.165, 1.54) is 41.6 Å². The van der Waals surface area contributed by atoms with Crippen molar-refractivity contribution in [3.63, 3.8) is 0 Å². The molecule has 1 aromatic heterocycles. The number of piperidine rings is 1. The van der Waals surface area contributed by atoms with Gasteiger partial charge in [0.1, 0.15) is 0 Å². The zero-order valence-corrected chi connectivity index (χ0v) is 15.0. The van der Waals surface area contributed by atoms with Crippen molar-refractivity contribution >= 4 is 16.5 Å². The Bertz CT molecular complexity index is 435. The molecule has 21 heavy (non-hydrogen) atoms. The van der Waals surface area contributed by atoms with E-state index in [0.29, 0.717) is 12.1 Å². The van der Waals surface area contributed by atoms with Crippen LogP contribution in [0.1, 0.15) is 44.2 Å². The Hall–Kier alpha value is -0.650. The molecule has 1 saturated heterocycles. The first kappa shape index (κ1) is 16.7. The van der Waals surface area contributed by atoms with E-state index in [2.05, 4.69) is 50.0 Å². The maximum Gasteiger partial charge on any atom is 0.185 e. The highest BCUT2D eigenvalue weighted by Crippen LogP contribution is 2.29. The van der Waals surface area contributed by atoms with Gasteiger partial charge < -0.3 is 15.1 Å². The number of hydrogen-bond donors (Lipinski definition) is 1. The Labute approximate surface area is 133 Å². The van der Waals surface area contributed by atoms with Crippen LogP contribution in [0.15, 0.2) is 0 Å². The molecule has 120 valence electrons. The summed E-state index contributed by atoms with van der Waals surface area (Å²) < 4.78 is 0. The van der Waals surface area contributed by atoms with Crippen LogP contribution in [-0.4, -0.2) is 49.2 Å². The van der Waals surface area contributed by atoms with E-state index in [-0.39, 0.29) is 0 Å². The summed E-state index contributed by atoms with van der Waals surface area (Å²) in [6.45, 7) is 9.93. The first-order chi connectivity index (χ1) is 10.0. The number of likely N-dealkylation sites (tertiary alicyclic amines) is 1. The third-order valence-electron chi connectivity index (χ3n) is 4.31. The van der Waals surface area contributed by atoms with Crippen LogP contribution in [0.5, 0.6) is 0 Å². The molecule has 1 fully saturated rings. The third kappa shape index (κ3) is 4.41. The average Bonchev–Trinajstić information content (AvgIpc) is 2.88. The molecule has 0 spiro atoms. The van der Waals surface area contributed by atoms with Gasteiger partial charge in [-0.05, 0) is 39.4 Å². The van der Waals surface area contributed by atoms with E-state index in [9.17, 15) is 0 Å². The van der Waals surface area contributed by atoms with Gasteiger partial charge in [-0.1, -0.05) is 20.8 Å². The van der Waals surface area contributed by atoms with Gasteiger partial charge in [0, 0.05) is 30.6 Å². The third-order valence-corrected chi connectivity index (χ3v) is 5.50. The minimum atomic E-state index is 0.520. The molecule has 5 heteroatoms. The molecular weight excluding hydrogens is 280 g/mol. The lowest BCUT2D eigenvalue weighted by atomic mass is 10.0. The SMILES string of the molecule is CCc1nc(N(C)C2CCN(C)CC2)sc1CNC(C)C. The quantitative estimate of drug-likeness (QED) is 0.875. The highest BCUT2D eigenvalue weighted by molar-refractivity contribution is 7.15. The van der Waals surface area contributed by atoms with Crippen LogP contribution in [0.25, 0.3) is 0 Å². The van der Waals surface area contributed by atoms with Crippen molar-refractivity contribution in [3.8, 4) is 0 Å². The molecule has 0 aliphatic carbocycles. The number of rotatable bonds is 6. The molecule has 4 nitrogen and oxygen atoms in total. The highest BCUT2D eigenvalue weighted by Gasteiger charge is 2.23. The monoisotopic (exact) mass is 310 g/mol. The van der Waals surface area contributed by atoms with Gasteiger partial charge in [0.2, 0.25) is 0 Å². The zero-order chi connectivity index (χ0) is 15.4. The van der Waals surface area contributed by atoms with Crippen LogP contribution < -0.4 is 10.2 Å². The van der Waals surface area contributed by atoms with E-state index in [1.54, 1.807) is 0 Å². The van der Waals surface area contributed by atoms with Gasteiger partial charge in [-0.25, -0.2) is 4.98 Å². The second-order valence-electron chi connectivity index (χ2n) is 6.40. The van der Waals surface area contributed by atoms with Crippen molar-refractivity contribution in [1.29, 1.82) is 0 Å². The summed E-state index contributed by atoms with van der Waals surface area (Å²) in [5.41, 5.74) is 1.27. The first-order valence-electron chi connectivity index (χ1n) is 8.14. The van der Waals surface area contributed by atoms with Crippen LogP contribution in [-0.2, 0) is 13.0 Å². The van der Waals surface area contributed by atoms with Gasteiger partial charge in [0.25, 0.3) is 0 Å². The number of anilines is 1. The summed E-state index contributed by atoms with van der Waals surface area (Å²) in [7, 11) is 4.43. The van der Waals surface area contributed by atoms with E-state index >= 15 is 0 Å². The molecule has 2 heterocycles. The van der Waals surface area contributed by atoms with Crippen LogP contribution in [0.2, 0.25) is 0 Å². The molecule has 0 atom stereocenters. The maximum absolute atomic E-state index is 4.89. The smallest absolute Gasteiger partial charge is 0.185 e. The van der Waals surface area contributed by atoms with Gasteiger partial charge >= 0.3 is 0 Å². The lowest BCUT2D eigenvalue weighted by Gasteiger charge is -2.34. The van der Waals surface area contributed by atoms with Crippen molar-refractivity contribution in [2.45, 2.75) is 58.7 Å². The number of thiazole rings is 1. The lowest BCUT2D eigenvalue weighted by Crippen LogP contribution is -2.41. The van der Waals surface area contributed by atoms with Crippen molar-refractivity contribution in [2.24, 2.45) is 0 Å². The van der Waals surface area contributed by atoms with Crippen LogP contribution in [0, 0.1) is 0 Å². The predicted molar refractivity (Wildman–Crippen MR) is 92.4 cm³/mol. The lowest BCUT2D eigenvalue weighted by molar-refractivity contribution is 0.253. The molecule has 0 bridgehead atoms. The molecule has 2 rings (SSSR count). The van der Waals surface area contributed by atoms with Crippen molar-refractivity contribution in [3.05, 3.63) is 10.6 Å². The van der Waals surface area contributed by atoms with Crippen LogP contribution >= 0.6 is 11.3 Å². The average molecular weight is 311 g/mol. The van der Waals surface area contributed by atoms with Crippen LogP contribution in [0.4, 0.5) is 5.13 Å². The van der Waals surface area contributed by atoms with Gasteiger partial charge in [-0.2, -0.15) is 0 Å². The standard InChI is InChI=1S/C16H30N4S/c1-6-14-15(11-17-12(2)3)21-16(18-14)20(5)13-7-9-19(4)10-8-13/h12-13,17H,6-11H2,1-5H3. The molecule has 1 aliphatic rings. The summed E-state index contributed by atoms with van der Waals surface area (Å²) in [4.78, 5) is 11.1. The Morgan fingerprint density at radius 3 is 2.62 bits per heavy atom. The Balaban J connectivity index is 2.05. The van der Waals surface area contributed by atoms with E-state index < -0.39 is 0 Å². The molecule has 0 unspecified atom stereocenters. The van der Waals surface area contributed by atoms with Gasteiger partial charge in [0.15, 0.2) is 5.13 Å². The first-order valence-corrected chi connectivity index (χ1v) is 8.96. The molecule has 1 aliphatic heterocycles.